The number of ether oxygens (including phenoxy) is 1. The van der Waals surface area contributed by atoms with Gasteiger partial charge in [-0.15, -0.1) is 0 Å². The molecule has 0 radical (unpaired) electrons. The summed E-state index contributed by atoms with van der Waals surface area (Å²) in [7, 11) is 1.46. The van der Waals surface area contributed by atoms with Crippen molar-refractivity contribution >= 4 is 38.5 Å². The molecule has 5 heteroatoms. The molecule has 0 aliphatic carbocycles. The molecule has 0 spiro atoms. The zero-order chi connectivity index (χ0) is 8.43. The average Bonchev–Trinajstić information content (AvgIpc) is 1.99. The van der Waals surface area contributed by atoms with Gasteiger partial charge in [-0.25, -0.2) is 0 Å². The van der Waals surface area contributed by atoms with Crippen LogP contribution in [0.5, 0.6) is 5.75 Å². The van der Waals surface area contributed by atoms with E-state index in [0.29, 0.717) is 13.9 Å². The monoisotopic (exact) mass is 329 g/mol. The molecule has 1 aromatic rings. The highest BCUT2D eigenvalue weighted by Gasteiger charge is 2.07. The lowest BCUT2D eigenvalue weighted by molar-refractivity contribution is 0.405. The van der Waals surface area contributed by atoms with Gasteiger partial charge in [0, 0.05) is 6.20 Å². The van der Waals surface area contributed by atoms with Crippen LogP contribution in [0.25, 0.3) is 0 Å². The average molecular weight is 330 g/mol. The highest BCUT2D eigenvalue weighted by Crippen LogP contribution is 2.17. The fourth-order valence-corrected chi connectivity index (χ4v) is 1.51. The first-order valence-corrected chi connectivity index (χ1v) is 4.64. The molecule has 60 valence electrons. The van der Waals surface area contributed by atoms with E-state index in [1.54, 1.807) is 6.20 Å². The van der Waals surface area contributed by atoms with Crippen LogP contribution < -0.4 is 10.2 Å². The van der Waals surface area contributed by atoms with Gasteiger partial charge in [-0.3, -0.25) is 4.79 Å². The van der Waals surface area contributed by atoms with E-state index in [0.717, 1.165) is 0 Å². The van der Waals surface area contributed by atoms with Crippen molar-refractivity contribution in [3.05, 3.63) is 24.6 Å². The van der Waals surface area contributed by atoms with Crippen molar-refractivity contribution in [2.45, 2.75) is 0 Å². The summed E-state index contributed by atoms with van der Waals surface area (Å²) in [6.07, 6.45) is 1.62. The second kappa shape index (κ2) is 3.57. The smallest absolute Gasteiger partial charge is 0.237 e. The molecule has 0 saturated carbocycles. The third-order valence-corrected chi connectivity index (χ3v) is 2.54. The van der Waals surface area contributed by atoms with Gasteiger partial charge in [0.2, 0.25) is 5.43 Å². The summed E-state index contributed by atoms with van der Waals surface area (Å²) < 4.78 is 6.05. The SMILES string of the molecule is COc1c(Br)[nH]cc(I)c1=O. The Morgan fingerprint density at radius 2 is 2.36 bits per heavy atom. The van der Waals surface area contributed by atoms with E-state index in [4.69, 9.17) is 4.74 Å². The number of hydrogen-bond donors (Lipinski definition) is 1. The van der Waals surface area contributed by atoms with Crippen LogP contribution in [0.3, 0.4) is 0 Å². The standard InChI is InChI=1S/C6H5BrINO2/c1-11-5-4(10)3(8)2-9-6(5)7/h2H,1H3,(H,9,10). The number of aromatic amines is 1. The Balaban J connectivity index is 3.41. The van der Waals surface area contributed by atoms with Gasteiger partial charge in [-0.2, -0.15) is 0 Å². The molecule has 0 saturated heterocycles. The molecular weight excluding hydrogens is 325 g/mol. The summed E-state index contributed by atoms with van der Waals surface area (Å²) in [5.41, 5.74) is -0.0984. The Labute approximate surface area is 85.4 Å². The first kappa shape index (κ1) is 9.05. The van der Waals surface area contributed by atoms with Crippen LogP contribution in [0.1, 0.15) is 0 Å². The normalized spacial score (nSPS) is 9.73. The van der Waals surface area contributed by atoms with Crippen LogP contribution >= 0.6 is 38.5 Å². The van der Waals surface area contributed by atoms with Crippen LogP contribution in [0.4, 0.5) is 0 Å². The van der Waals surface area contributed by atoms with Crippen molar-refractivity contribution in [3.8, 4) is 5.75 Å². The molecule has 0 bridgehead atoms. The maximum Gasteiger partial charge on any atom is 0.237 e. The molecule has 0 aliphatic heterocycles. The molecule has 0 amide bonds. The first-order valence-electron chi connectivity index (χ1n) is 2.77. The van der Waals surface area contributed by atoms with Crippen molar-refractivity contribution in [1.29, 1.82) is 0 Å². The van der Waals surface area contributed by atoms with Gasteiger partial charge >= 0.3 is 0 Å². The molecular formula is C6H5BrINO2. The minimum absolute atomic E-state index is 0.0984. The molecule has 0 unspecified atom stereocenters. The molecule has 1 N–H and O–H groups in total. The lowest BCUT2D eigenvalue weighted by Crippen LogP contribution is -2.09. The van der Waals surface area contributed by atoms with Gasteiger partial charge in [-0.1, -0.05) is 0 Å². The highest BCUT2D eigenvalue weighted by molar-refractivity contribution is 14.1. The number of nitrogens with one attached hydrogen (secondary N) is 1. The topological polar surface area (TPSA) is 42.1 Å². The number of H-pyrrole nitrogens is 1. The van der Waals surface area contributed by atoms with E-state index in [9.17, 15) is 4.79 Å². The van der Waals surface area contributed by atoms with Crippen molar-refractivity contribution in [1.82, 2.24) is 4.98 Å². The summed E-state index contributed by atoms with van der Waals surface area (Å²) in [6.45, 7) is 0. The minimum atomic E-state index is -0.0984. The summed E-state index contributed by atoms with van der Waals surface area (Å²) >= 11 is 5.10. The Morgan fingerprint density at radius 3 is 2.82 bits per heavy atom. The van der Waals surface area contributed by atoms with Crippen LogP contribution in [-0.4, -0.2) is 12.1 Å². The van der Waals surface area contributed by atoms with E-state index in [2.05, 4.69) is 20.9 Å². The van der Waals surface area contributed by atoms with Crippen molar-refractivity contribution < 1.29 is 4.74 Å². The van der Waals surface area contributed by atoms with Crippen molar-refractivity contribution in [2.24, 2.45) is 0 Å². The maximum atomic E-state index is 11.2. The van der Waals surface area contributed by atoms with E-state index in [1.807, 2.05) is 22.6 Å². The van der Waals surface area contributed by atoms with Crippen molar-refractivity contribution in [3.63, 3.8) is 0 Å². The minimum Gasteiger partial charge on any atom is -0.490 e. The summed E-state index contributed by atoms with van der Waals surface area (Å²) in [4.78, 5) is 14.1. The van der Waals surface area contributed by atoms with Gasteiger partial charge in [0.25, 0.3) is 0 Å². The maximum absolute atomic E-state index is 11.2. The summed E-state index contributed by atoms with van der Waals surface area (Å²) in [5, 5.41) is 0. The molecule has 11 heavy (non-hydrogen) atoms. The number of halogens is 2. The molecule has 3 nitrogen and oxygen atoms in total. The molecule has 0 fully saturated rings. The van der Waals surface area contributed by atoms with Crippen LogP contribution in [0.2, 0.25) is 0 Å². The highest BCUT2D eigenvalue weighted by atomic mass is 127. The van der Waals surface area contributed by atoms with Gasteiger partial charge in [0.15, 0.2) is 5.75 Å². The lowest BCUT2D eigenvalue weighted by atomic mass is 10.4. The van der Waals surface area contributed by atoms with E-state index < -0.39 is 0 Å². The number of methoxy groups -OCH3 is 1. The summed E-state index contributed by atoms with van der Waals surface area (Å²) in [5.74, 6) is 0.317. The number of hydrogen-bond acceptors (Lipinski definition) is 2. The number of aromatic nitrogens is 1. The van der Waals surface area contributed by atoms with E-state index >= 15 is 0 Å². The zero-order valence-electron chi connectivity index (χ0n) is 5.65. The lowest BCUT2D eigenvalue weighted by Gasteiger charge is -2.00. The van der Waals surface area contributed by atoms with Gasteiger partial charge in [0.05, 0.1) is 10.7 Å². The Morgan fingerprint density at radius 1 is 1.73 bits per heavy atom. The van der Waals surface area contributed by atoms with E-state index in [1.165, 1.54) is 7.11 Å². The second-order valence-electron chi connectivity index (χ2n) is 1.81. The van der Waals surface area contributed by atoms with Crippen LogP contribution in [-0.2, 0) is 0 Å². The predicted molar refractivity (Wildman–Crippen MR) is 54.0 cm³/mol. The predicted octanol–water partition coefficient (Wildman–Crippen LogP) is 1.75. The third kappa shape index (κ3) is 1.76. The second-order valence-corrected chi connectivity index (χ2v) is 3.77. The molecule has 0 aromatic carbocycles. The fourth-order valence-electron chi connectivity index (χ4n) is 0.648. The molecule has 1 rings (SSSR count). The number of pyridine rings is 1. The number of rotatable bonds is 1. The largest absolute Gasteiger partial charge is 0.490 e. The molecule has 1 aromatic heterocycles. The third-order valence-electron chi connectivity index (χ3n) is 1.15. The zero-order valence-corrected chi connectivity index (χ0v) is 9.39. The molecule has 0 atom stereocenters. The van der Waals surface area contributed by atoms with Crippen LogP contribution in [0.15, 0.2) is 15.6 Å². The van der Waals surface area contributed by atoms with E-state index in [-0.39, 0.29) is 5.43 Å². The first-order chi connectivity index (χ1) is 5.16. The Bertz CT molecular complexity index is 323. The fraction of sp³-hybridized carbons (Fsp3) is 0.167. The Hall–Kier alpha value is -0.0400. The molecule has 0 aliphatic rings. The van der Waals surface area contributed by atoms with Crippen molar-refractivity contribution in [2.75, 3.05) is 7.11 Å². The van der Waals surface area contributed by atoms with Crippen LogP contribution in [0, 0.1) is 3.57 Å². The Kier molecular flexibility index (Phi) is 2.94. The van der Waals surface area contributed by atoms with Gasteiger partial charge in [0.1, 0.15) is 4.60 Å². The summed E-state index contributed by atoms with van der Waals surface area (Å²) in [6, 6.07) is 0. The van der Waals surface area contributed by atoms with Gasteiger partial charge < -0.3 is 9.72 Å². The molecule has 1 heterocycles. The quantitative estimate of drug-likeness (QED) is 0.630. The van der Waals surface area contributed by atoms with Gasteiger partial charge in [-0.05, 0) is 38.5 Å².